The number of esters is 2. The van der Waals surface area contributed by atoms with E-state index in [2.05, 4.69) is 9.97 Å². The van der Waals surface area contributed by atoms with Crippen LogP contribution in [0.2, 0.25) is 0 Å². The molecule has 4 rings (SSSR count). The van der Waals surface area contributed by atoms with E-state index in [-0.39, 0.29) is 13.1 Å². The van der Waals surface area contributed by atoms with Gasteiger partial charge in [-0.2, -0.15) is 0 Å². The molecular formula is C25H30N4O5S2. The normalized spacial score (nSPS) is 28.6. The summed E-state index contributed by atoms with van der Waals surface area (Å²) in [7, 11) is 6.12. The van der Waals surface area contributed by atoms with Gasteiger partial charge in [0, 0.05) is 35.3 Å². The lowest BCUT2D eigenvalue weighted by atomic mass is 9.54. The molecule has 0 N–H and O–H groups in total. The molecule has 11 heteroatoms. The minimum absolute atomic E-state index is 0.0719. The van der Waals surface area contributed by atoms with Gasteiger partial charge in [-0.05, 0) is 50.9 Å². The molecule has 0 aromatic carbocycles. The van der Waals surface area contributed by atoms with Gasteiger partial charge in [0.25, 0.3) is 0 Å². The molecule has 2 aliphatic heterocycles. The zero-order valence-electron chi connectivity index (χ0n) is 21.2. The molecule has 0 spiro atoms. The average Bonchev–Trinajstić information content (AvgIpc) is 2.89. The molecule has 0 radical (unpaired) electrons. The zero-order chi connectivity index (χ0) is 26.3. The van der Waals surface area contributed by atoms with Crippen LogP contribution in [0.25, 0.3) is 0 Å². The smallest absolute Gasteiger partial charge is 0.322 e. The number of hydrogen-bond donors (Lipinski definition) is 0. The Labute approximate surface area is 219 Å². The van der Waals surface area contributed by atoms with Crippen molar-refractivity contribution < 1.29 is 23.9 Å². The van der Waals surface area contributed by atoms with Crippen molar-refractivity contribution >= 4 is 41.2 Å². The Morgan fingerprint density at radius 1 is 0.889 bits per heavy atom. The monoisotopic (exact) mass is 530 g/mol. The van der Waals surface area contributed by atoms with Crippen LogP contribution in [0.5, 0.6) is 0 Å². The molecule has 0 aliphatic carbocycles. The number of likely N-dealkylation sites (tertiary alicyclic amines) is 2. The molecule has 4 atom stereocenters. The number of thioether (sulfide) groups is 2. The third-order valence-electron chi connectivity index (χ3n) is 7.23. The van der Waals surface area contributed by atoms with Crippen LogP contribution in [-0.4, -0.2) is 91.4 Å². The van der Waals surface area contributed by atoms with E-state index < -0.39 is 40.6 Å². The van der Waals surface area contributed by atoms with Crippen molar-refractivity contribution in [1.29, 1.82) is 0 Å². The van der Waals surface area contributed by atoms with Gasteiger partial charge in [0.15, 0.2) is 16.6 Å². The molecule has 2 aromatic heterocycles. The van der Waals surface area contributed by atoms with Crippen molar-refractivity contribution in [3.05, 3.63) is 48.0 Å². The molecule has 0 amide bonds. The van der Waals surface area contributed by atoms with E-state index in [9.17, 15) is 14.4 Å². The number of nitrogens with zero attached hydrogens (tertiary/aromatic N) is 4. The first-order chi connectivity index (χ1) is 17.2. The van der Waals surface area contributed by atoms with Gasteiger partial charge in [-0.25, -0.2) is 0 Å². The van der Waals surface area contributed by atoms with Gasteiger partial charge >= 0.3 is 11.9 Å². The van der Waals surface area contributed by atoms with Crippen LogP contribution in [0.3, 0.4) is 0 Å². The number of aromatic nitrogens is 2. The maximum atomic E-state index is 14.7. The molecule has 2 aromatic rings. The second-order valence-electron chi connectivity index (χ2n) is 9.14. The third-order valence-corrected chi connectivity index (χ3v) is 8.68. The predicted molar refractivity (Wildman–Crippen MR) is 137 cm³/mol. The fourth-order valence-electron chi connectivity index (χ4n) is 5.95. The van der Waals surface area contributed by atoms with Crippen LogP contribution in [0.4, 0.5) is 0 Å². The lowest BCUT2D eigenvalue weighted by molar-refractivity contribution is -0.202. The van der Waals surface area contributed by atoms with E-state index in [1.165, 1.54) is 37.7 Å². The van der Waals surface area contributed by atoms with Crippen molar-refractivity contribution in [1.82, 2.24) is 19.8 Å². The Morgan fingerprint density at radius 2 is 1.31 bits per heavy atom. The summed E-state index contributed by atoms with van der Waals surface area (Å²) in [5.41, 5.74) is -2.32. The number of rotatable bonds is 6. The molecule has 0 unspecified atom stereocenters. The van der Waals surface area contributed by atoms with Gasteiger partial charge in [0.1, 0.15) is 0 Å². The van der Waals surface area contributed by atoms with Crippen LogP contribution < -0.4 is 0 Å². The summed E-state index contributed by atoms with van der Waals surface area (Å²) in [5.74, 6) is -1.93. The number of fused-ring (bicyclic) bond motifs is 2. The first-order valence-electron chi connectivity index (χ1n) is 11.3. The van der Waals surface area contributed by atoms with E-state index in [4.69, 9.17) is 9.47 Å². The number of ether oxygens (including phenoxy) is 2. The number of pyridine rings is 2. The average molecular weight is 531 g/mol. The first kappa shape index (κ1) is 26.6. The molecule has 2 fully saturated rings. The summed E-state index contributed by atoms with van der Waals surface area (Å²) >= 11 is 3.07. The quantitative estimate of drug-likeness (QED) is 0.313. The molecule has 2 bridgehead atoms. The summed E-state index contributed by atoms with van der Waals surface area (Å²) in [4.78, 5) is 56.8. The van der Waals surface area contributed by atoms with Crippen LogP contribution in [-0.2, 0) is 23.9 Å². The standard InChI is InChI=1S/C25H30N4O5S2/c1-28-13-24(22(31)33-3)19(17-11-15(35-5)7-9-26-17)29(2)20(18-12-16(36-6)8-10-27-18)25(14-28,21(24)30)23(32)34-4/h7-12,19-20H,13-14H2,1-6H3/t19-,20+,24-,25+. The number of carbonyl (C=O) groups is 3. The van der Waals surface area contributed by atoms with Gasteiger partial charge in [-0.1, -0.05) is 0 Å². The number of hydrogen-bond acceptors (Lipinski definition) is 11. The lowest BCUT2D eigenvalue weighted by Gasteiger charge is -2.60. The Bertz CT molecular complexity index is 1110. The van der Waals surface area contributed by atoms with Crippen molar-refractivity contribution in [3.63, 3.8) is 0 Å². The Hall–Kier alpha value is -2.47. The molecule has 4 heterocycles. The Morgan fingerprint density at radius 3 is 1.67 bits per heavy atom. The maximum Gasteiger partial charge on any atom is 0.322 e. The SMILES string of the molecule is COC(=O)[C@]12CN(C)C[C@](C(=O)OC)(C1=O)[C@@H](c1cc(SC)ccn1)N(C)[C@H]2c1cc(SC)ccn1. The molecule has 192 valence electrons. The van der Waals surface area contributed by atoms with E-state index in [1.807, 2.05) is 53.6 Å². The molecule has 2 saturated heterocycles. The molecular weight excluding hydrogens is 500 g/mol. The van der Waals surface area contributed by atoms with Crippen LogP contribution in [0.1, 0.15) is 23.5 Å². The van der Waals surface area contributed by atoms with Crippen LogP contribution in [0.15, 0.2) is 46.5 Å². The van der Waals surface area contributed by atoms with Gasteiger partial charge in [-0.3, -0.25) is 29.3 Å². The molecule has 9 nitrogen and oxygen atoms in total. The summed E-state index contributed by atoms with van der Waals surface area (Å²) in [6, 6.07) is 5.88. The predicted octanol–water partition coefficient (Wildman–Crippen LogP) is 2.48. The molecule has 2 aliphatic rings. The minimum Gasteiger partial charge on any atom is -0.468 e. The fourth-order valence-corrected chi connectivity index (χ4v) is 6.82. The highest BCUT2D eigenvalue weighted by Crippen LogP contribution is 2.60. The third kappa shape index (κ3) is 3.84. The van der Waals surface area contributed by atoms with Crippen LogP contribution >= 0.6 is 23.5 Å². The lowest BCUT2D eigenvalue weighted by Crippen LogP contribution is -2.75. The van der Waals surface area contributed by atoms with E-state index in [0.29, 0.717) is 11.4 Å². The van der Waals surface area contributed by atoms with Gasteiger partial charge in [-0.15, -0.1) is 23.5 Å². The van der Waals surface area contributed by atoms with E-state index >= 15 is 0 Å². The number of piperidine rings is 2. The summed E-state index contributed by atoms with van der Waals surface area (Å²) in [6.07, 6.45) is 7.23. The molecule has 36 heavy (non-hydrogen) atoms. The highest BCUT2D eigenvalue weighted by atomic mass is 32.2. The van der Waals surface area contributed by atoms with Crippen LogP contribution in [0, 0.1) is 10.8 Å². The number of methoxy groups -OCH3 is 2. The maximum absolute atomic E-state index is 14.7. The highest BCUT2D eigenvalue weighted by molar-refractivity contribution is 7.98. The number of Topliss-reactive ketones (excluding diaryl/α,β-unsaturated/α-hetero) is 1. The van der Waals surface area contributed by atoms with Gasteiger partial charge in [0.2, 0.25) is 0 Å². The second-order valence-corrected chi connectivity index (χ2v) is 10.9. The van der Waals surface area contributed by atoms with Gasteiger partial charge in [0.05, 0.1) is 37.7 Å². The topological polar surface area (TPSA) is 102 Å². The van der Waals surface area contributed by atoms with Crippen molar-refractivity contribution in [2.45, 2.75) is 21.9 Å². The van der Waals surface area contributed by atoms with Crippen molar-refractivity contribution in [2.75, 3.05) is 53.9 Å². The first-order valence-corrected chi connectivity index (χ1v) is 13.8. The number of ketones is 1. The Balaban J connectivity index is 2.08. The highest BCUT2D eigenvalue weighted by Gasteiger charge is 2.75. The van der Waals surface area contributed by atoms with Gasteiger partial charge < -0.3 is 14.4 Å². The zero-order valence-corrected chi connectivity index (χ0v) is 22.8. The van der Waals surface area contributed by atoms with E-state index in [1.54, 1.807) is 19.4 Å². The minimum atomic E-state index is -1.71. The summed E-state index contributed by atoms with van der Waals surface area (Å²) < 4.78 is 10.5. The summed E-state index contributed by atoms with van der Waals surface area (Å²) in [6.45, 7) is 0.144. The van der Waals surface area contributed by atoms with E-state index in [0.717, 1.165) is 9.79 Å². The van der Waals surface area contributed by atoms with Crippen molar-refractivity contribution in [3.8, 4) is 0 Å². The molecule has 0 saturated carbocycles. The summed E-state index contributed by atoms with van der Waals surface area (Å²) in [5, 5.41) is 0. The second kappa shape index (κ2) is 10.1. The fraction of sp³-hybridized carbons (Fsp3) is 0.480. The number of carbonyl (C=O) groups excluding carboxylic acids is 3. The Kier molecular flexibility index (Phi) is 7.47. The van der Waals surface area contributed by atoms with Crippen molar-refractivity contribution in [2.24, 2.45) is 10.8 Å². The largest absolute Gasteiger partial charge is 0.468 e.